The molecule has 2 aromatic carbocycles. The van der Waals surface area contributed by atoms with Gasteiger partial charge in [0.2, 0.25) is 11.9 Å². The molecule has 1 saturated heterocycles. The molecular formula is C28H35Br2F4KN2O8. The molecule has 0 radical (unpaired) electrons. The van der Waals surface area contributed by atoms with Crippen LogP contribution in [0.15, 0.2) is 70.7 Å². The van der Waals surface area contributed by atoms with Gasteiger partial charge in [-0.05, 0) is 50.1 Å². The van der Waals surface area contributed by atoms with Crippen LogP contribution in [-0.2, 0) is 4.74 Å². The third kappa shape index (κ3) is 26.5. The molecule has 45 heavy (non-hydrogen) atoms. The first-order chi connectivity index (χ1) is 20.1. The minimum absolute atomic E-state index is 0. The van der Waals surface area contributed by atoms with Crippen LogP contribution in [-0.4, -0.2) is 52.2 Å². The van der Waals surface area contributed by atoms with Crippen molar-refractivity contribution in [2.75, 3.05) is 13.2 Å². The monoisotopic (exact) mass is 800 g/mol. The molecule has 3 rings (SSSR count). The predicted molar refractivity (Wildman–Crippen MR) is 164 cm³/mol. The summed E-state index contributed by atoms with van der Waals surface area (Å²) in [5, 5.41) is 39.2. The summed E-state index contributed by atoms with van der Waals surface area (Å²) in [5.74, 6) is -1.29. The van der Waals surface area contributed by atoms with Gasteiger partial charge in [-0.3, -0.25) is 20.2 Å². The van der Waals surface area contributed by atoms with Gasteiger partial charge in [0.25, 0.3) is 0 Å². The molecule has 17 heteroatoms. The normalized spacial score (nSPS) is 13.1. The largest absolute Gasteiger partial charge is 1.00 e. The minimum Gasteiger partial charge on any atom is -0.850 e. The standard InChI is InChI=1S/C10H7BrF3NO3.C6H3BrFNO2.C4H8O.C4H9O.C4H8O.K/c1-2-9(10(12,13)14)18-8-4-3-6(11)5-7(8)15(16)17;7-4-1-2-5(8)6(3-4)9(10)11;1-2-4-5-3-1;1-4(2,3)5;1-3-4(2)5;/h2-5,9H,1H2;1-3H;1-4H2;1-3H3;3-5H,1H2,2H3;/q;;;-1;;+1. The predicted octanol–water partition coefficient (Wildman–Crippen LogP) is 4.85. The van der Waals surface area contributed by atoms with E-state index in [4.69, 9.17) is 9.84 Å². The fourth-order valence-electron chi connectivity index (χ4n) is 2.25. The van der Waals surface area contributed by atoms with Gasteiger partial charge >= 0.3 is 68.9 Å². The van der Waals surface area contributed by atoms with Gasteiger partial charge in [0.15, 0.2) is 5.75 Å². The third-order valence-electron chi connectivity index (χ3n) is 4.18. The zero-order valence-corrected chi connectivity index (χ0v) is 31.8. The first-order valence-corrected chi connectivity index (χ1v) is 14.2. The van der Waals surface area contributed by atoms with E-state index in [0.29, 0.717) is 15.0 Å². The van der Waals surface area contributed by atoms with Crippen LogP contribution in [0.5, 0.6) is 5.75 Å². The Hall–Kier alpha value is -1.28. The van der Waals surface area contributed by atoms with Gasteiger partial charge in [-0.15, -0.1) is 12.2 Å². The number of nitrogens with zero attached hydrogens (tertiary/aromatic N) is 2. The quantitative estimate of drug-likeness (QED) is 0.144. The first kappa shape index (κ1) is 48.1. The fraction of sp³-hybridized carbons (Fsp3) is 0.429. The van der Waals surface area contributed by atoms with Crippen molar-refractivity contribution in [3.63, 3.8) is 0 Å². The number of nitro groups is 2. The van der Waals surface area contributed by atoms with E-state index in [9.17, 15) is 42.9 Å². The first-order valence-electron chi connectivity index (χ1n) is 12.6. The molecule has 248 valence electrons. The number of ether oxygens (including phenoxy) is 2. The fourth-order valence-corrected chi connectivity index (χ4v) is 2.95. The van der Waals surface area contributed by atoms with Gasteiger partial charge in [0.05, 0.1) is 16.0 Å². The zero-order chi connectivity index (χ0) is 34.7. The number of halogens is 6. The SMILES string of the molecule is C1CCOC1.C=CC(C)O.C=CC(Oc1ccc(Br)cc1[N+](=O)[O-])C(F)(F)F.CC(C)(C)[O-].O=[N+]([O-])c1cc(Br)ccc1F.[K+]. The summed E-state index contributed by atoms with van der Waals surface area (Å²) < 4.78 is 60.3. The maximum atomic E-state index is 12.6. The van der Waals surface area contributed by atoms with Crippen molar-refractivity contribution in [1.82, 2.24) is 0 Å². The van der Waals surface area contributed by atoms with E-state index in [1.165, 1.54) is 31.1 Å². The Kier molecular flexibility index (Phi) is 26.5. The van der Waals surface area contributed by atoms with Crippen molar-refractivity contribution >= 4 is 43.2 Å². The van der Waals surface area contributed by atoms with Crippen LogP contribution in [0.25, 0.3) is 0 Å². The number of hydrogen-bond acceptors (Lipinski definition) is 8. The van der Waals surface area contributed by atoms with Crippen LogP contribution in [0.3, 0.4) is 0 Å². The van der Waals surface area contributed by atoms with Gasteiger partial charge in [-0.2, -0.15) is 17.6 Å². The van der Waals surface area contributed by atoms with Crippen LogP contribution >= 0.6 is 31.9 Å². The Bertz CT molecular complexity index is 1180. The van der Waals surface area contributed by atoms with Crippen molar-refractivity contribution < 1.29 is 98.5 Å². The van der Waals surface area contributed by atoms with E-state index >= 15 is 0 Å². The summed E-state index contributed by atoms with van der Waals surface area (Å²) in [5.41, 5.74) is -1.82. The molecule has 10 nitrogen and oxygen atoms in total. The second-order valence-electron chi connectivity index (χ2n) is 9.45. The van der Waals surface area contributed by atoms with Gasteiger partial charge in [-0.25, -0.2) is 0 Å². The molecule has 0 bridgehead atoms. The van der Waals surface area contributed by atoms with Gasteiger partial charge < -0.3 is 19.7 Å². The van der Waals surface area contributed by atoms with Gasteiger partial charge in [0, 0.05) is 34.3 Å². The molecule has 0 aliphatic carbocycles. The summed E-state index contributed by atoms with van der Waals surface area (Å²) in [6.45, 7) is 14.9. The molecule has 0 saturated carbocycles. The van der Waals surface area contributed by atoms with Crippen molar-refractivity contribution in [3.05, 3.63) is 96.7 Å². The van der Waals surface area contributed by atoms with Crippen LogP contribution in [0.4, 0.5) is 28.9 Å². The molecule has 0 amide bonds. The zero-order valence-electron chi connectivity index (χ0n) is 25.5. The Labute approximate surface area is 318 Å². The van der Waals surface area contributed by atoms with Crippen LogP contribution < -0.4 is 61.2 Å². The van der Waals surface area contributed by atoms with E-state index in [1.807, 2.05) is 0 Å². The number of benzene rings is 2. The number of hydrogen-bond donors (Lipinski definition) is 1. The van der Waals surface area contributed by atoms with Crippen molar-refractivity contribution in [2.45, 2.75) is 64.5 Å². The van der Waals surface area contributed by atoms with E-state index in [0.717, 1.165) is 37.5 Å². The summed E-state index contributed by atoms with van der Waals surface area (Å²) in [6, 6.07) is 7.06. The Morgan fingerprint density at radius 2 is 1.36 bits per heavy atom. The second-order valence-corrected chi connectivity index (χ2v) is 11.3. The summed E-state index contributed by atoms with van der Waals surface area (Å²) >= 11 is 5.98. The maximum Gasteiger partial charge on any atom is 1.00 e. The molecule has 1 aliphatic heterocycles. The number of alkyl halides is 3. The summed E-state index contributed by atoms with van der Waals surface area (Å²) in [6.07, 6.45) is -2.76. The van der Waals surface area contributed by atoms with E-state index < -0.39 is 50.7 Å². The minimum atomic E-state index is -4.68. The molecule has 1 aliphatic rings. The average molecular weight is 802 g/mol. The molecular weight excluding hydrogens is 767 g/mol. The van der Waals surface area contributed by atoms with Crippen LogP contribution in [0.2, 0.25) is 0 Å². The van der Waals surface area contributed by atoms with E-state index in [-0.39, 0.29) is 57.5 Å². The molecule has 0 aromatic heterocycles. The van der Waals surface area contributed by atoms with Crippen molar-refractivity contribution in [1.29, 1.82) is 0 Å². The number of aliphatic hydroxyl groups excluding tert-OH is 1. The average Bonchev–Trinajstić information content (AvgIpc) is 3.48. The molecule has 2 atom stereocenters. The maximum absolute atomic E-state index is 12.6. The molecule has 0 spiro atoms. The third-order valence-corrected chi connectivity index (χ3v) is 5.17. The van der Waals surface area contributed by atoms with Crippen molar-refractivity contribution in [3.8, 4) is 5.75 Å². The Morgan fingerprint density at radius 1 is 0.956 bits per heavy atom. The van der Waals surface area contributed by atoms with Crippen LogP contribution in [0.1, 0.15) is 40.5 Å². The Morgan fingerprint density at radius 3 is 1.64 bits per heavy atom. The number of aliphatic hydroxyl groups is 1. The molecule has 1 fully saturated rings. The Balaban J connectivity index is -0.000000552. The van der Waals surface area contributed by atoms with Crippen molar-refractivity contribution in [2.24, 2.45) is 0 Å². The number of nitro benzene ring substituents is 2. The molecule has 1 N–H and O–H groups in total. The summed E-state index contributed by atoms with van der Waals surface area (Å²) in [7, 11) is 0. The van der Waals surface area contributed by atoms with Gasteiger partial charge in [0.1, 0.15) is 0 Å². The smallest absolute Gasteiger partial charge is 0.850 e. The molecule has 2 aromatic rings. The molecule has 2 unspecified atom stereocenters. The summed E-state index contributed by atoms with van der Waals surface area (Å²) in [4.78, 5) is 19.2. The second kappa shape index (κ2) is 24.8. The number of rotatable bonds is 6. The topological polar surface area (TPSA) is 148 Å². The molecule has 1 heterocycles. The van der Waals surface area contributed by atoms with E-state index in [2.05, 4.69) is 49.8 Å². The van der Waals surface area contributed by atoms with E-state index in [1.54, 1.807) is 27.7 Å². The van der Waals surface area contributed by atoms with Crippen LogP contribution in [0, 0.1) is 26.0 Å². The van der Waals surface area contributed by atoms with Gasteiger partial charge in [-0.1, -0.05) is 65.3 Å².